The first-order valence-corrected chi connectivity index (χ1v) is 22.0. The monoisotopic (exact) mass is 746 g/mol. The van der Waals surface area contributed by atoms with Gasteiger partial charge in [-0.05, 0) is 84.6 Å². The molecule has 0 amide bonds. The zero-order valence-corrected chi connectivity index (χ0v) is 33.4. The van der Waals surface area contributed by atoms with Crippen molar-refractivity contribution in [3.05, 3.63) is 72.3 Å². The van der Waals surface area contributed by atoms with Gasteiger partial charge in [-0.15, -0.1) is 22.7 Å². The third-order valence-electron chi connectivity index (χ3n) is 10.1. The van der Waals surface area contributed by atoms with Crippen LogP contribution >= 0.6 is 22.7 Å². The fourth-order valence-electron chi connectivity index (χ4n) is 6.96. The van der Waals surface area contributed by atoms with Crippen LogP contribution in [-0.4, -0.2) is 13.2 Å². The summed E-state index contributed by atoms with van der Waals surface area (Å²) in [5, 5.41) is 1.08. The molecule has 0 aliphatic rings. The minimum Gasteiger partial charge on any atom is -0.494 e. The molecule has 6 heteroatoms. The summed E-state index contributed by atoms with van der Waals surface area (Å²) in [7, 11) is 0. The molecule has 3 aromatic carbocycles. The highest BCUT2D eigenvalue weighted by Gasteiger charge is 2.20. The van der Waals surface area contributed by atoms with Crippen LogP contribution in [0.3, 0.4) is 0 Å². The van der Waals surface area contributed by atoms with Gasteiger partial charge in [-0.2, -0.15) is 0 Å². The molecule has 2 nitrogen and oxygen atoms in total. The number of fused-ring (bicyclic) bond motifs is 2. The number of thiophene rings is 2. The number of hydrogen-bond acceptors (Lipinski definition) is 4. The maximum Gasteiger partial charge on any atom is 0.149 e. The van der Waals surface area contributed by atoms with Crippen molar-refractivity contribution in [3.63, 3.8) is 0 Å². The normalized spacial score (nSPS) is 11.6. The van der Waals surface area contributed by atoms with Crippen LogP contribution in [0.2, 0.25) is 0 Å². The average Bonchev–Trinajstić information content (AvgIpc) is 3.67. The number of unbranched alkanes of at least 4 members (excludes halogenated alkanes) is 18. The smallest absolute Gasteiger partial charge is 0.149 e. The van der Waals surface area contributed by atoms with Crippen LogP contribution in [0.15, 0.2) is 60.7 Å². The fourth-order valence-corrected chi connectivity index (χ4v) is 9.18. The summed E-state index contributed by atoms with van der Waals surface area (Å²) in [6.07, 6.45) is 25.9. The molecule has 5 rings (SSSR count). The largest absolute Gasteiger partial charge is 0.494 e. The van der Waals surface area contributed by atoms with Crippen LogP contribution in [0, 0.1) is 11.6 Å². The van der Waals surface area contributed by atoms with Gasteiger partial charge in [0, 0.05) is 20.2 Å². The molecule has 282 valence electrons. The molecule has 2 aromatic heterocycles. The van der Waals surface area contributed by atoms with Crippen molar-refractivity contribution in [2.24, 2.45) is 0 Å². The number of halogens is 2. The van der Waals surface area contributed by atoms with Gasteiger partial charge in [-0.1, -0.05) is 129 Å². The lowest BCUT2D eigenvalue weighted by atomic mass is 10.1. The van der Waals surface area contributed by atoms with E-state index < -0.39 is 0 Å². The summed E-state index contributed by atoms with van der Waals surface area (Å²) in [6.45, 7) is 5.93. The average molecular weight is 747 g/mol. The lowest BCUT2D eigenvalue weighted by Crippen LogP contribution is -1.97. The molecule has 0 saturated carbocycles. The van der Waals surface area contributed by atoms with Crippen molar-refractivity contribution in [1.82, 2.24) is 0 Å². The maximum absolute atomic E-state index is 15.8. The molecule has 0 saturated heterocycles. The first kappa shape index (κ1) is 40.2. The van der Waals surface area contributed by atoms with Gasteiger partial charge >= 0.3 is 0 Å². The van der Waals surface area contributed by atoms with Crippen LogP contribution in [0.25, 0.3) is 41.1 Å². The second kappa shape index (κ2) is 22.3. The molecule has 0 aliphatic heterocycles. The Morgan fingerprint density at radius 1 is 0.423 bits per heavy atom. The van der Waals surface area contributed by atoms with Gasteiger partial charge in [-0.25, -0.2) is 8.78 Å². The van der Waals surface area contributed by atoms with E-state index in [1.165, 1.54) is 138 Å². The molecule has 0 spiro atoms. The third-order valence-corrected chi connectivity index (χ3v) is 12.5. The Bertz CT molecular complexity index is 1610. The van der Waals surface area contributed by atoms with Crippen molar-refractivity contribution in [2.75, 3.05) is 13.2 Å². The minimum absolute atomic E-state index is 0.250. The van der Waals surface area contributed by atoms with Crippen LogP contribution in [0.5, 0.6) is 11.5 Å². The Morgan fingerprint density at radius 3 is 1.06 bits per heavy atom. The van der Waals surface area contributed by atoms with E-state index in [4.69, 9.17) is 9.47 Å². The van der Waals surface area contributed by atoms with Gasteiger partial charge < -0.3 is 9.47 Å². The van der Waals surface area contributed by atoms with E-state index in [9.17, 15) is 0 Å². The molecule has 2 heterocycles. The Kier molecular flexibility index (Phi) is 17.3. The van der Waals surface area contributed by atoms with Gasteiger partial charge in [0.1, 0.15) is 23.1 Å². The molecule has 0 bridgehead atoms. The molecule has 0 fully saturated rings. The molecule has 0 unspecified atom stereocenters. The van der Waals surface area contributed by atoms with Gasteiger partial charge in [0.05, 0.1) is 23.0 Å². The molecular weight excluding hydrogens is 687 g/mol. The summed E-state index contributed by atoms with van der Waals surface area (Å²) in [4.78, 5) is 1.14. The van der Waals surface area contributed by atoms with Crippen LogP contribution < -0.4 is 9.47 Å². The van der Waals surface area contributed by atoms with Crippen LogP contribution in [0.4, 0.5) is 8.78 Å². The van der Waals surface area contributed by atoms with E-state index in [-0.39, 0.29) is 11.6 Å². The summed E-state index contributed by atoms with van der Waals surface area (Å²) >= 11 is 2.75. The number of hydrogen-bond donors (Lipinski definition) is 0. The van der Waals surface area contributed by atoms with Crippen molar-refractivity contribution >= 4 is 42.8 Å². The zero-order chi connectivity index (χ0) is 36.4. The van der Waals surface area contributed by atoms with Crippen LogP contribution in [-0.2, 0) is 0 Å². The van der Waals surface area contributed by atoms with Gasteiger partial charge in [-0.3, -0.25) is 0 Å². The predicted octanol–water partition coefficient (Wildman–Crippen LogP) is 16.3. The van der Waals surface area contributed by atoms with Crippen molar-refractivity contribution < 1.29 is 18.3 Å². The second-order valence-electron chi connectivity index (χ2n) is 14.4. The van der Waals surface area contributed by atoms with Gasteiger partial charge in [0.2, 0.25) is 0 Å². The van der Waals surface area contributed by atoms with Crippen molar-refractivity contribution in [1.29, 1.82) is 0 Å². The van der Waals surface area contributed by atoms with Crippen molar-refractivity contribution in [3.8, 4) is 32.4 Å². The van der Waals surface area contributed by atoms with E-state index in [1.54, 1.807) is 0 Å². The van der Waals surface area contributed by atoms with E-state index in [1.807, 2.05) is 60.7 Å². The highest BCUT2D eigenvalue weighted by molar-refractivity contribution is 7.24. The Labute approximate surface area is 320 Å². The maximum atomic E-state index is 15.8. The first-order valence-electron chi connectivity index (χ1n) is 20.4. The van der Waals surface area contributed by atoms with E-state index >= 15 is 8.78 Å². The summed E-state index contributed by atoms with van der Waals surface area (Å²) in [5.74, 6) is 1.12. The fraction of sp³-hybridized carbons (Fsp3) is 0.522. The third kappa shape index (κ3) is 12.0. The van der Waals surface area contributed by atoms with Gasteiger partial charge in [0.15, 0.2) is 0 Å². The highest BCUT2D eigenvalue weighted by Crippen LogP contribution is 2.44. The zero-order valence-electron chi connectivity index (χ0n) is 31.7. The van der Waals surface area contributed by atoms with Gasteiger partial charge in [0.25, 0.3) is 0 Å². The first-order chi connectivity index (χ1) is 25.6. The highest BCUT2D eigenvalue weighted by atomic mass is 32.1. The van der Waals surface area contributed by atoms with E-state index in [2.05, 4.69) is 13.8 Å². The number of benzene rings is 3. The topological polar surface area (TPSA) is 18.5 Å². The Hall–Kier alpha value is -2.96. The SMILES string of the molecule is CCCCCCCCCCCCOc1ccc(-c2sc3cc4c(F)c(-c5ccc(OCCCCCCCCCCCC)cc5)sc4cc3c2F)cc1. The Morgan fingerprint density at radius 2 is 0.731 bits per heavy atom. The predicted molar refractivity (Wildman–Crippen MR) is 223 cm³/mol. The molecule has 0 N–H and O–H groups in total. The summed E-state index contributed by atoms with van der Waals surface area (Å²) in [5.41, 5.74) is 1.62. The van der Waals surface area contributed by atoms with Crippen molar-refractivity contribution in [2.45, 2.75) is 142 Å². The lowest BCUT2D eigenvalue weighted by molar-refractivity contribution is 0.304. The molecule has 5 aromatic rings. The quantitative estimate of drug-likeness (QED) is 0.0525. The molecule has 0 radical (unpaired) electrons. The molecule has 0 aliphatic carbocycles. The molecule has 52 heavy (non-hydrogen) atoms. The minimum atomic E-state index is -0.250. The molecule has 0 atom stereocenters. The lowest BCUT2D eigenvalue weighted by Gasteiger charge is -2.07. The number of ether oxygens (including phenoxy) is 2. The van der Waals surface area contributed by atoms with E-state index in [0.717, 1.165) is 44.9 Å². The number of rotatable bonds is 26. The van der Waals surface area contributed by atoms with E-state index in [0.29, 0.717) is 33.7 Å². The Balaban J connectivity index is 1.08. The second-order valence-corrected chi connectivity index (χ2v) is 16.5. The summed E-state index contributed by atoms with van der Waals surface area (Å²) < 4.78 is 45.1. The standard InChI is InChI=1S/C46H60F2O2S2/c1-3-5-7-9-11-13-15-17-19-21-31-49-37-27-23-35(24-28-37)45-43(47)39-33-42-40(34-41(39)51-45)44(48)46(52-42)36-25-29-38(30-26-36)50-32-22-20-18-16-14-12-10-8-6-4-2/h23-30,33-34H,3-22,31-32H2,1-2H3. The van der Waals surface area contributed by atoms with Crippen LogP contribution in [0.1, 0.15) is 142 Å². The molecular formula is C46H60F2O2S2. The summed E-state index contributed by atoms with van der Waals surface area (Å²) in [6, 6.07) is 19.0.